The number of imide groups is 1. The molecule has 3 aliphatic rings. The number of hydrogen-bond donors (Lipinski definition) is 2. The molecule has 55 heavy (non-hydrogen) atoms. The third kappa shape index (κ3) is 9.85. The quantitative estimate of drug-likeness (QED) is 0.0704. The molecule has 3 aliphatic heterocycles. The van der Waals surface area contributed by atoms with Crippen molar-refractivity contribution in [2.45, 2.75) is 74.3 Å². The maximum atomic E-state index is 14.0. The number of ether oxygens (including phenoxy) is 1. The average molecular weight is 783 g/mol. The van der Waals surface area contributed by atoms with Gasteiger partial charge in [-0.05, 0) is 74.9 Å². The first kappa shape index (κ1) is 39.8. The molecule has 1 aromatic heterocycles. The SMILES string of the molecule is Cn1nc(C2CCC(=O)NC2=O)c2ccc(C3CCN(CC#Cc4cc(S(=O)N5CCC(N=C/C(=C\N=CN)OC(F)F)CC5)ccc4C(F)F)CC3)cc21. The van der Waals surface area contributed by atoms with Gasteiger partial charge < -0.3 is 10.5 Å². The number of allylic oxidation sites excluding steroid dienone is 1. The van der Waals surface area contributed by atoms with Crippen LogP contribution in [0.5, 0.6) is 0 Å². The van der Waals surface area contributed by atoms with Gasteiger partial charge in [-0.3, -0.25) is 29.5 Å². The summed E-state index contributed by atoms with van der Waals surface area (Å²) >= 11 is 0. The number of rotatable bonds is 11. The Bertz CT molecular complexity index is 2060. The summed E-state index contributed by atoms with van der Waals surface area (Å²) in [7, 11) is 0.221. The molecule has 0 aliphatic carbocycles. The van der Waals surface area contributed by atoms with Gasteiger partial charge in [0.15, 0.2) is 5.76 Å². The van der Waals surface area contributed by atoms with Gasteiger partial charge in [-0.2, -0.15) is 13.9 Å². The molecule has 17 heteroatoms. The molecule has 0 radical (unpaired) electrons. The molecule has 2 aromatic carbocycles. The first-order valence-corrected chi connectivity index (χ1v) is 19.1. The lowest BCUT2D eigenvalue weighted by molar-refractivity contribution is -0.134. The Labute approximate surface area is 318 Å². The fraction of sp³-hybridized carbons (Fsp3) is 0.447. The van der Waals surface area contributed by atoms with Crippen LogP contribution < -0.4 is 11.1 Å². The van der Waals surface area contributed by atoms with Gasteiger partial charge in [0.05, 0.1) is 53.4 Å². The Morgan fingerprint density at radius 1 is 1.07 bits per heavy atom. The number of alkyl halides is 4. The van der Waals surface area contributed by atoms with Crippen LogP contribution in [0.2, 0.25) is 0 Å². The summed E-state index contributed by atoms with van der Waals surface area (Å²) in [5.41, 5.74) is 7.87. The Morgan fingerprint density at radius 3 is 2.53 bits per heavy atom. The van der Waals surface area contributed by atoms with Crippen molar-refractivity contribution in [3.8, 4) is 11.8 Å². The van der Waals surface area contributed by atoms with Crippen molar-refractivity contribution in [3.63, 3.8) is 0 Å². The predicted octanol–water partition coefficient (Wildman–Crippen LogP) is 4.89. The number of benzene rings is 2. The fourth-order valence-electron chi connectivity index (χ4n) is 7.18. The smallest absolute Gasteiger partial charge is 0.387 e. The summed E-state index contributed by atoms with van der Waals surface area (Å²) in [6.07, 6.45) is 3.85. The lowest BCUT2D eigenvalue weighted by atomic mass is 9.88. The van der Waals surface area contributed by atoms with Gasteiger partial charge in [-0.25, -0.2) is 22.3 Å². The van der Waals surface area contributed by atoms with Gasteiger partial charge in [0.1, 0.15) is 11.0 Å². The number of nitrogens with two attached hydrogens (primary N) is 1. The number of fused-ring (bicyclic) bond motifs is 1. The molecule has 3 fully saturated rings. The Kier molecular flexibility index (Phi) is 13.1. The zero-order chi connectivity index (χ0) is 39.1. The summed E-state index contributed by atoms with van der Waals surface area (Å²) in [5.74, 6) is 5.01. The maximum Gasteiger partial charge on any atom is 0.387 e. The van der Waals surface area contributed by atoms with Crippen LogP contribution in [0.15, 0.2) is 63.2 Å². The number of halogens is 4. The Balaban J connectivity index is 1.04. The number of amides is 2. The van der Waals surface area contributed by atoms with E-state index in [1.165, 1.54) is 30.0 Å². The first-order valence-electron chi connectivity index (χ1n) is 18.0. The minimum atomic E-state index is -3.05. The van der Waals surface area contributed by atoms with E-state index in [0.717, 1.165) is 49.4 Å². The number of aliphatic imine (C=N–C) groups is 2. The van der Waals surface area contributed by atoms with E-state index in [-0.39, 0.29) is 41.2 Å². The molecule has 4 heterocycles. The largest absolute Gasteiger partial charge is 0.432 e. The summed E-state index contributed by atoms with van der Waals surface area (Å²) in [4.78, 5) is 34.6. The molecule has 3 N–H and O–H groups in total. The third-order valence-electron chi connectivity index (χ3n) is 10.1. The molecule has 0 bridgehead atoms. The van der Waals surface area contributed by atoms with Crippen molar-refractivity contribution in [3.05, 3.63) is 70.7 Å². The standard InChI is InChI=1S/C38H42F4N8O4S/c1-48-33-20-25(4-6-31(33)35(47-48)32-8-9-34(51)46-37(32)52)24-10-15-49(16-11-24)14-2-3-26-19-29(5-7-30(26)36(39)40)55(53)50-17-12-27(13-18-50)45-22-28(21-44-23-43)54-38(41)42/h4-7,19-24,27,32,36,38H,8-18H2,1H3,(H2,43,44)(H,46,51,52)/b28-21+,45-22?. The summed E-state index contributed by atoms with van der Waals surface area (Å²) in [6.45, 7) is -0.339. The molecule has 12 nitrogen and oxygen atoms in total. The molecule has 2 atom stereocenters. The zero-order valence-electron chi connectivity index (χ0n) is 30.2. The second-order valence-electron chi connectivity index (χ2n) is 13.6. The average Bonchev–Trinajstić information content (AvgIpc) is 3.50. The molecule has 3 saturated heterocycles. The van der Waals surface area contributed by atoms with Crippen LogP contribution in [-0.4, -0.2) is 92.9 Å². The van der Waals surface area contributed by atoms with Crippen molar-refractivity contribution in [1.82, 2.24) is 24.3 Å². The van der Waals surface area contributed by atoms with E-state index in [1.54, 1.807) is 8.99 Å². The molecule has 2 unspecified atom stereocenters. The number of hydrogen-bond acceptors (Lipinski definition) is 8. The lowest BCUT2D eigenvalue weighted by Gasteiger charge is -2.31. The number of carbonyl (C=O) groups excluding carboxylic acids is 2. The zero-order valence-corrected chi connectivity index (χ0v) is 31.0. The van der Waals surface area contributed by atoms with Crippen LogP contribution in [0.3, 0.4) is 0 Å². The van der Waals surface area contributed by atoms with Crippen LogP contribution in [0.1, 0.15) is 79.2 Å². The molecule has 0 saturated carbocycles. The monoisotopic (exact) mass is 782 g/mol. The Hall–Kier alpha value is -4.92. The second-order valence-corrected chi connectivity index (χ2v) is 15.1. The highest BCUT2D eigenvalue weighted by molar-refractivity contribution is 7.82. The number of piperidine rings is 3. The summed E-state index contributed by atoms with van der Waals surface area (Å²) in [6, 6.07) is 10.2. The lowest BCUT2D eigenvalue weighted by Crippen LogP contribution is -2.39. The molecule has 2 amide bonds. The van der Waals surface area contributed by atoms with E-state index in [4.69, 9.17) is 5.73 Å². The van der Waals surface area contributed by atoms with Crippen molar-refractivity contribution in [2.24, 2.45) is 22.8 Å². The maximum absolute atomic E-state index is 14.0. The molecule has 0 spiro atoms. The highest BCUT2D eigenvalue weighted by Crippen LogP contribution is 2.34. The van der Waals surface area contributed by atoms with Gasteiger partial charge in [-0.15, -0.1) is 0 Å². The first-order chi connectivity index (χ1) is 26.5. The van der Waals surface area contributed by atoms with Crippen molar-refractivity contribution in [1.29, 1.82) is 0 Å². The van der Waals surface area contributed by atoms with E-state index >= 15 is 0 Å². The predicted molar refractivity (Wildman–Crippen MR) is 200 cm³/mol. The van der Waals surface area contributed by atoms with E-state index < -0.39 is 29.9 Å². The fourth-order valence-corrected chi connectivity index (χ4v) is 8.42. The molecular formula is C38H42F4N8O4S. The van der Waals surface area contributed by atoms with E-state index in [1.807, 2.05) is 13.1 Å². The minimum absolute atomic E-state index is 0.134. The van der Waals surface area contributed by atoms with Gasteiger partial charge in [0.2, 0.25) is 11.8 Å². The highest BCUT2D eigenvalue weighted by atomic mass is 32.2. The van der Waals surface area contributed by atoms with Gasteiger partial charge in [-0.1, -0.05) is 30.0 Å². The van der Waals surface area contributed by atoms with Crippen LogP contribution in [0.25, 0.3) is 10.9 Å². The number of likely N-dealkylation sites (tertiary alicyclic amines) is 1. The Morgan fingerprint density at radius 2 is 1.84 bits per heavy atom. The van der Waals surface area contributed by atoms with Crippen LogP contribution in [-0.2, 0) is 32.4 Å². The van der Waals surface area contributed by atoms with Gasteiger partial charge in [0, 0.05) is 43.1 Å². The van der Waals surface area contributed by atoms with E-state index in [2.05, 4.69) is 54.0 Å². The van der Waals surface area contributed by atoms with Crippen LogP contribution in [0.4, 0.5) is 17.6 Å². The molecular weight excluding hydrogens is 741 g/mol. The third-order valence-corrected chi connectivity index (χ3v) is 11.6. The van der Waals surface area contributed by atoms with Crippen molar-refractivity contribution >= 4 is 46.3 Å². The van der Waals surface area contributed by atoms with E-state index in [0.29, 0.717) is 55.4 Å². The topological polar surface area (TPSA) is 148 Å². The second kappa shape index (κ2) is 18.1. The van der Waals surface area contributed by atoms with Gasteiger partial charge in [0.25, 0.3) is 6.43 Å². The number of aryl methyl sites for hydroxylation is 1. The molecule has 3 aromatic rings. The van der Waals surface area contributed by atoms with Crippen LogP contribution >= 0.6 is 0 Å². The van der Waals surface area contributed by atoms with Crippen LogP contribution in [0, 0.1) is 11.8 Å². The minimum Gasteiger partial charge on any atom is -0.432 e. The molecule has 6 rings (SSSR count). The van der Waals surface area contributed by atoms with Crippen molar-refractivity contribution < 1.29 is 36.1 Å². The number of carbonyl (C=O) groups is 2. The molecule has 292 valence electrons. The number of nitrogens with one attached hydrogen (secondary N) is 1. The number of aromatic nitrogens is 2. The van der Waals surface area contributed by atoms with Crippen molar-refractivity contribution in [2.75, 3.05) is 32.7 Å². The normalized spacial score (nSPS) is 20.5. The van der Waals surface area contributed by atoms with Gasteiger partial charge >= 0.3 is 6.61 Å². The summed E-state index contributed by atoms with van der Waals surface area (Å²) in [5, 5.41) is 7.97. The summed E-state index contributed by atoms with van der Waals surface area (Å²) < 4.78 is 74.7. The number of nitrogens with zero attached hydrogens (tertiary/aromatic N) is 6. The highest BCUT2D eigenvalue weighted by Gasteiger charge is 2.32. The van der Waals surface area contributed by atoms with E-state index in [9.17, 15) is 31.4 Å².